The summed E-state index contributed by atoms with van der Waals surface area (Å²) in [5.74, 6) is -0.783. The van der Waals surface area contributed by atoms with Crippen LogP contribution in [0.2, 0.25) is 0 Å². The molecule has 0 bridgehead atoms. The van der Waals surface area contributed by atoms with Crippen LogP contribution in [0.3, 0.4) is 0 Å². The lowest BCUT2D eigenvalue weighted by atomic mass is 9.77. The molecule has 6 heteroatoms. The number of benzene rings is 2. The molecule has 1 saturated heterocycles. The second-order valence-electron chi connectivity index (χ2n) is 11.5. The summed E-state index contributed by atoms with van der Waals surface area (Å²) in [6.07, 6.45) is 0.887. The molecule has 1 aliphatic heterocycles. The minimum absolute atomic E-state index is 0.00144. The Hall–Kier alpha value is -2.25. The highest BCUT2D eigenvalue weighted by molar-refractivity contribution is 5.72. The SMILES string of the molecule is COC(=O)[C@H](C)[C@@H](O)[C@H](C)[C@H](OCc1ccccc1)[C@H](C)[C@H]1O[C@H]([C@H](C)COCc2ccccc2)CC[C@@H]1C. The van der Waals surface area contributed by atoms with Gasteiger partial charge in [0.15, 0.2) is 0 Å². The zero-order valence-electron chi connectivity index (χ0n) is 24.5. The van der Waals surface area contributed by atoms with Gasteiger partial charge in [0, 0.05) is 17.8 Å². The van der Waals surface area contributed by atoms with Crippen molar-refractivity contribution in [2.45, 2.75) is 85.1 Å². The smallest absolute Gasteiger partial charge is 0.311 e. The summed E-state index contributed by atoms with van der Waals surface area (Å²) in [7, 11) is 1.35. The van der Waals surface area contributed by atoms with Gasteiger partial charge in [-0.2, -0.15) is 0 Å². The number of aliphatic hydroxyl groups is 1. The van der Waals surface area contributed by atoms with E-state index in [1.807, 2.05) is 55.5 Å². The molecule has 0 amide bonds. The van der Waals surface area contributed by atoms with Gasteiger partial charge >= 0.3 is 5.97 Å². The van der Waals surface area contributed by atoms with Crippen LogP contribution in [0.5, 0.6) is 0 Å². The molecule has 0 aromatic heterocycles. The zero-order valence-corrected chi connectivity index (χ0v) is 24.5. The van der Waals surface area contributed by atoms with Crippen molar-refractivity contribution in [1.29, 1.82) is 0 Å². The number of rotatable bonds is 14. The topological polar surface area (TPSA) is 74.2 Å². The minimum atomic E-state index is -0.902. The number of esters is 1. The molecule has 0 saturated carbocycles. The molecule has 2 aromatic rings. The van der Waals surface area contributed by atoms with Crippen molar-refractivity contribution in [1.82, 2.24) is 0 Å². The van der Waals surface area contributed by atoms with Gasteiger partial charge < -0.3 is 24.1 Å². The Balaban J connectivity index is 1.69. The summed E-state index contributed by atoms with van der Waals surface area (Å²) in [6.45, 7) is 11.9. The normalized spacial score (nSPS) is 24.2. The van der Waals surface area contributed by atoms with Crippen LogP contribution in [0.1, 0.15) is 58.6 Å². The number of carbonyl (C=O) groups excluding carboxylic acids is 1. The lowest BCUT2D eigenvalue weighted by Crippen LogP contribution is -2.49. The highest BCUT2D eigenvalue weighted by Crippen LogP contribution is 2.37. The van der Waals surface area contributed by atoms with Crippen LogP contribution >= 0.6 is 0 Å². The third kappa shape index (κ3) is 8.87. The lowest BCUT2D eigenvalue weighted by molar-refractivity contribution is -0.173. The van der Waals surface area contributed by atoms with Gasteiger partial charge in [-0.05, 0) is 36.8 Å². The van der Waals surface area contributed by atoms with Crippen LogP contribution in [0.4, 0.5) is 0 Å². The van der Waals surface area contributed by atoms with E-state index < -0.39 is 18.0 Å². The number of aliphatic hydroxyl groups excluding tert-OH is 1. The van der Waals surface area contributed by atoms with Crippen molar-refractivity contribution < 1.29 is 28.8 Å². The van der Waals surface area contributed by atoms with E-state index in [0.717, 1.165) is 18.4 Å². The molecule has 1 heterocycles. The summed E-state index contributed by atoms with van der Waals surface area (Å²) < 4.78 is 24.3. The van der Waals surface area contributed by atoms with Crippen molar-refractivity contribution in [3.63, 3.8) is 0 Å². The fraction of sp³-hybridized carbons (Fsp3) is 0.606. The van der Waals surface area contributed by atoms with E-state index in [2.05, 4.69) is 32.9 Å². The molecule has 9 atom stereocenters. The summed E-state index contributed by atoms with van der Waals surface area (Å²) in [5.41, 5.74) is 2.23. The predicted octanol–water partition coefficient (Wildman–Crippen LogP) is 6.05. The van der Waals surface area contributed by atoms with Gasteiger partial charge in [0.25, 0.3) is 0 Å². The Morgan fingerprint density at radius 1 is 0.949 bits per heavy atom. The first kappa shape index (κ1) is 31.3. The first-order chi connectivity index (χ1) is 18.7. The van der Waals surface area contributed by atoms with Crippen molar-refractivity contribution >= 4 is 5.97 Å². The molecule has 2 aromatic carbocycles. The van der Waals surface area contributed by atoms with E-state index in [4.69, 9.17) is 18.9 Å². The van der Waals surface area contributed by atoms with E-state index in [9.17, 15) is 9.90 Å². The number of carbonyl (C=O) groups is 1. The van der Waals surface area contributed by atoms with Gasteiger partial charge in [-0.3, -0.25) is 4.79 Å². The first-order valence-corrected chi connectivity index (χ1v) is 14.4. The van der Waals surface area contributed by atoms with Gasteiger partial charge in [0.2, 0.25) is 0 Å². The summed E-state index contributed by atoms with van der Waals surface area (Å²) >= 11 is 0. The van der Waals surface area contributed by atoms with Crippen LogP contribution in [-0.4, -0.2) is 49.2 Å². The molecule has 0 spiro atoms. The van der Waals surface area contributed by atoms with E-state index >= 15 is 0 Å². The standard InChI is InChI=1S/C33H48O6/c1-22-17-18-29(23(2)19-37-20-27-13-9-7-10-14-27)39-31(22)26(5)32(38-21-28-15-11-8-12-16-28)24(3)30(34)25(4)33(35)36-6/h7-16,22-26,29-32,34H,17-21H2,1-6H3/t22-,23+,24-,25+,26+,29-,30-,31-,32-/m0/s1. The Bertz CT molecular complexity index is 967. The van der Waals surface area contributed by atoms with Crippen LogP contribution < -0.4 is 0 Å². The Kier molecular flexibility index (Phi) is 12.4. The number of ether oxygens (including phenoxy) is 4. The number of hydrogen-bond acceptors (Lipinski definition) is 6. The monoisotopic (exact) mass is 540 g/mol. The molecule has 6 nitrogen and oxygen atoms in total. The van der Waals surface area contributed by atoms with Crippen LogP contribution in [0.15, 0.2) is 60.7 Å². The highest BCUT2D eigenvalue weighted by atomic mass is 16.5. The molecule has 0 unspecified atom stereocenters. The molecule has 0 aliphatic carbocycles. The Morgan fingerprint density at radius 3 is 2.13 bits per heavy atom. The predicted molar refractivity (Wildman–Crippen MR) is 153 cm³/mol. The molecular weight excluding hydrogens is 492 g/mol. The zero-order chi connectivity index (χ0) is 28.4. The molecule has 3 rings (SSSR count). The second-order valence-corrected chi connectivity index (χ2v) is 11.5. The van der Waals surface area contributed by atoms with Gasteiger partial charge in [-0.15, -0.1) is 0 Å². The summed E-state index contributed by atoms with van der Waals surface area (Å²) in [5, 5.41) is 11.2. The summed E-state index contributed by atoms with van der Waals surface area (Å²) in [4.78, 5) is 12.2. The van der Waals surface area contributed by atoms with E-state index in [0.29, 0.717) is 25.7 Å². The molecule has 1 N–H and O–H groups in total. The highest BCUT2D eigenvalue weighted by Gasteiger charge is 2.42. The van der Waals surface area contributed by atoms with Gasteiger partial charge in [0.1, 0.15) is 0 Å². The van der Waals surface area contributed by atoms with Crippen LogP contribution in [0, 0.1) is 29.6 Å². The molecule has 1 fully saturated rings. The largest absolute Gasteiger partial charge is 0.469 e. The van der Waals surface area contributed by atoms with Crippen LogP contribution in [-0.2, 0) is 37.0 Å². The quantitative estimate of drug-likeness (QED) is 0.294. The average molecular weight is 541 g/mol. The maximum Gasteiger partial charge on any atom is 0.311 e. The molecule has 216 valence electrons. The minimum Gasteiger partial charge on any atom is -0.469 e. The van der Waals surface area contributed by atoms with Gasteiger partial charge in [-0.1, -0.05) is 88.4 Å². The fourth-order valence-corrected chi connectivity index (χ4v) is 5.81. The third-order valence-electron chi connectivity index (χ3n) is 8.39. The van der Waals surface area contributed by atoms with E-state index in [1.165, 1.54) is 12.7 Å². The Labute approximate surface area is 235 Å². The second kappa shape index (κ2) is 15.5. The van der Waals surface area contributed by atoms with Crippen molar-refractivity contribution in [2.24, 2.45) is 29.6 Å². The fourth-order valence-electron chi connectivity index (χ4n) is 5.81. The number of methoxy groups -OCH3 is 1. The molecule has 1 aliphatic rings. The lowest BCUT2D eigenvalue weighted by Gasteiger charge is -2.44. The molecule has 39 heavy (non-hydrogen) atoms. The first-order valence-electron chi connectivity index (χ1n) is 14.4. The van der Waals surface area contributed by atoms with Crippen molar-refractivity contribution in [3.05, 3.63) is 71.8 Å². The van der Waals surface area contributed by atoms with Crippen molar-refractivity contribution in [3.8, 4) is 0 Å². The van der Waals surface area contributed by atoms with Gasteiger partial charge in [0.05, 0.1) is 57.3 Å². The number of hydrogen-bond donors (Lipinski definition) is 1. The van der Waals surface area contributed by atoms with E-state index in [1.54, 1.807) is 6.92 Å². The Morgan fingerprint density at radius 2 is 1.54 bits per heavy atom. The van der Waals surface area contributed by atoms with Crippen LogP contribution in [0.25, 0.3) is 0 Å². The maximum absolute atomic E-state index is 12.2. The molecular formula is C33H48O6. The van der Waals surface area contributed by atoms with E-state index in [-0.39, 0.29) is 36.1 Å². The maximum atomic E-state index is 12.2. The average Bonchev–Trinajstić information content (AvgIpc) is 2.97. The summed E-state index contributed by atoms with van der Waals surface area (Å²) in [6, 6.07) is 20.3. The van der Waals surface area contributed by atoms with Gasteiger partial charge in [-0.25, -0.2) is 0 Å². The molecule has 0 radical (unpaired) electrons. The van der Waals surface area contributed by atoms with Crippen molar-refractivity contribution in [2.75, 3.05) is 13.7 Å². The third-order valence-corrected chi connectivity index (χ3v) is 8.39.